The average molecular weight is 266 g/mol. The van der Waals surface area contributed by atoms with Crippen LogP contribution in [0.25, 0.3) is 0 Å². The van der Waals surface area contributed by atoms with E-state index in [0.29, 0.717) is 17.9 Å². The van der Waals surface area contributed by atoms with Gasteiger partial charge in [-0.3, -0.25) is 5.43 Å². The molecule has 0 saturated heterocycles. The summed E-state index contributed by atoms with van der Waals surface area (Å²) in [6, 6.07) is 0.662. The molecule has 7 nitrogen and oxygen atoms in total. The van der Waals surface area contributed by atoms with E-state index in [1.807, 2.05) is 0 Å². The Bertz CT molecular complexity index is 391. The third-order valence-electron chi connectivity index (χ3n) is 3.52. The maximum atomic E-state index is 5.33. The molecule has 1 aliphatic rings. The normalized spacial score (nSPS) is 23.5. The smallest absolute Gasteiger partial charge is 0.322 e. The first kappa shape index (κ1) is 13.8. The molecule has 19 heavy (non-hydrogen) atoms. The number of ether oxygens (including phenoxy) is 1. The summed E-state index contributed by atoms with van der Waals surface area (Å²) in [7, 11) is 1.52. The Balaban J connectivity index is 2.05. The molecule has 0 aliphatic heterocycles. The second-order valence-corrected chi connectivity index (χ2v) is 5.07. The maximum absolute atomic E-state index is 5.33. The number of methoxy groups -OCH3 is 1. The topological polar surface area (TPSA) is 98.0 Å². The van der Waals surface area contributed by atoms with Crippen molar-refractivity contribution in [3.05, 3.63) is 0 Å². The van der Waals surface area contributed by atoms with E-state index < -0.39 is 0 Å². The summed E-state index contributed by atoms with van der Waals surface area (Å²) >= 11 is 0. The summed E-state index contributed by atoms with van der Waals surface area (Å²) in [6.45, 7) is 2.31. The van der Waals surface area contributed by atoms with Gasteiger partial charge in [0.2, 0.25) is 11.9 Å². The molecule has 1 aromatic rings. The van der Waals surface area contributed by atoms with Crippen LogP contribution in [0, 0.1) is 5.92 Å². The van der Waals surface area contributed by atoms with Gasteiger partial charge in [0.05, 0.1) is 7.11 Å². The molecule has 1 fully saturated rings. The number of rotatable bonds is 4. The van der Waals surface area contributed by atoms with Crippen molar-refractivity contribution in [3.63, 3.8) is 0 Å². The van der Waals surface area contributed by atoms with Gasteiger partial charge in [0.15, 0.2) is 0 Å². The molecule has 0 radical (unpaired) electrons. The molecule has 0 aromatic carbocycles. The Morgan fingerprint density at radius 3 is 2.63 bits per heavy atom. The first-order chi connectivity index (χ1) is 9.21. The third-order valence-corrected chi connectivity index (χ3v) is 3.52. The highest BCUT2D eigenvalue weighted by atomic mass is 16.5. The van der Waals surface area contributed by atoms with Gasteiger partial charge in [-0.2, -0.15) is 15.0 Å². The molecule has 1 heterocycles. The van der Waals surface area contributed by atoms with E-state index in [4.69, 9.17) is 10.6 Å². The fourth-order valence-electron chi connectivity index (χ4n) is 2.39. The van der Waals surface area contributed by atoms with Gasteiger partial charge in [-0.1, -0.05) is 19.8 Å². The zero-order valence-electron chi connectivity index (χ0n) is 11.5. The molecule has 1 aliphatic carbocycles. The zero-order chi connectivity index (χ0) is 13.7. The number of hydrogen-bond acceptors (Lipinski definition) is 7. The van der Waals surface area contributed by atoms with Crippen LogP contribution < -0.4 is 21.3 Å². The number of nitrogens with two attached hydrogens (primary N) is 1. The summed E-state index contributed by atoms with van der Waals surface area (Å²) in [5.41, 5.74) is 2.42. The number of hydrazine groups is 1. The van der Waals surface area contributed by atoms with Crippen LogP contribution in [0.2, 0.25) is 0 Å². The lowest BCUT2D eigenvalue weighted by atomic mass is 10.0. The molecule has 106 valence electrons. The van der Waals surface area contributed by atoms with Crippen LogP contribution in [0.15, 0.2) is 0 Å². The van der Waals surface area contributed by atoms with Crippen molar-refractivity contribution in [2.75, 3.05) is 17.9 Å². The summed E-state index contributed by atoms with van der Waals surface area (Å²) in [4.78, 5) is 12.4. The van der Waals surface area contributed by atoms with Crippen LogP contribution in [0.1, 0.15) is 39.0 Å². The fraction of sp³-hybridized carbons (Fsp3) is 0.750. The van der Waals surface area contributed by atoms with E-state index in [9.17, 15) is 0 Å². The average Bonchev–Trinajstić information content (AvgIpc) is 2.63. The summed E-state index contributed by atoms with van der Waals surface area (Å²) in [5, 5.41) is 3.35. The second-order valence-electron chi connectivity index (χ2n) is 5.07. The van der Waals surface area contributed by atoms with Gasteiger partial charge in [-0.05, 0) is 25.2 Å². The Labute approximate surface area is 113 Å². The predicted octanol–water partition coefficient (Wildman–Crippen LogP) is 1.55. The lowest BCUT2D eigenvalue weighted by Gasteiger charge is -2.16. The SMILES string of the molecule is COc1nc(NN)nc(NC2CCCC(C)CC2)n1. The van der Waals surface area contributed by atoms with E-state index in [-0.39, 0.29) is 6.01 Å². The lowest BCUT2D eigenvalue weighted by molar-refractivity contribution is 0.379. The number of nitrogens with one attached hydrogen (secondary N) is 2. The molecular formula is C12H22N6O. The van der Waals surface area contributed by atoms with Crippen LogP contribution in [0.4, 0.5) is 11.9 Å². The Kier molecular flexibility index (Phi) is 4.73. The third kappa shape index (κ3) is 3.92. The molecular weight excluding hydrogens is 244 g/mol. The van der Waals surface area contributed by atoms with Crippen molar-refractivity contribution in [3.8, 4) is 6.01 Å². The zero-order valence-corrected chi connectivity index (χ0v) is 11.5. The van der Waals surface area contributed by atoms with E-state index in [0.717, 1.165) is 18.8 Å². The van der Waals surface area contributed by atoms with Crippen molar-refractivity contribution in [2.24, 2.45) is 11.8 Å². The highest BCUT2D eigenvalue weighted by molar-refractivity contribution is 5.35. The van der Waals surface area contributed by atoms with Crippen LogP contribution in [-0.4, -0.2) is 28.1 Å². The molecule has 0 bridgehead atoms. The van der Waals surface area contributed by atoms with Crippen molar-refractivity contribution >= 4 is 11.9 Å². The first-order valence-electron chi connectivity index (χ1n) is 6.74. The van der Waals surface area contributed by atoms with Crippen molar-refractivity contribution in [2.45, 2.75) is 45.1 Å². The van der Waals surface area contributed by atoms with Gasteiger partial charge in [0.25, 0.3) is 0 Å². The number of hydrogen-bond donors (Lipinski definition) is 3. The van der Waals surface area contributed by atoms with Crippen molar-refractivity contribution in [1.29, 1.82) is 0 Å². The molecule has 7 heteroatoms. The summed E-state index contributed by atoms with van der Waals surface area (Å²) in [6.07, 6.45) is 6.06. The lowest BCUT2D eigenvalue weighted by Crippen LogP contribution is -2.21. The standard InChI is InChI=1S/C12H22N6O/c1-8-4-3-5-9(7-6-8)14-10-15-11(18-13)17-12(16-10)19-2/h8-9H,3-7,13H2,1-2H3,(H2,14,15,16,17,18). The largest absolute Gasteiger partial charge is 0.467 e. The summed E-state index contributed by atoms with van der Waals surface area (Å²) in [5.74, 6) is 6.95. The van der Waals surface area contributed by atoms with Gasteiger partial charge in [-0.15, -0.1) is 0 Å². The van der Waals surface area contributed by atoms with Crippen LogP contribution >= 0.6 is 0 Å². The van der Waals surface area contributed by atoms with Crippen molar-refractivity contribution in [1.82, 2.24) is 15.0 Å². The highest BCUT2D eigenvalue weighted by Gasteiger charge is 2.17. The Morgan fingerprint density at radius 2 is 1.89 bits per heavy atom. The minimum Gasteiger partial charge on any atom is -0.467 e. The van der Waals surface area contributed by atoms with E-state index >= 15 is 0 Å². The van der Waals surface area contributed by atoms with Gasteiger partial charge in [0, 0.05) is 6.04 Å². The van der Waals surface area contributed by atoms with Crippen LogP contribution in [0.5, 0.6) is 6.01 Å². The number of aromatic nitrogens is 3. The van der Waals surface area contributed by atoms with Gasteiger partial charge in [-0.25, -0.2) is 5.84 Å². The molecule has 2 atom stereocenters. The van der Waals surface area contributed by atoms with E-state index in [1.165, 1.54) is 26.4 Å². The van der Waals surface area contributed by atoms with Gasteiger partial charge >= 0.3 is 6.01 Å². The van der Waals surface area contributed by atoms with Gasteiger partial charge in [0.1, 0.15) is 0 Å². The van der Waals surface area contributed by atoms with Gasteiger partial charge < -0.3 is 10.1 Å². The molecule has 0 spiro atoms. The first-order valence-corrected chi connectivity index (χ1v) is 6.74. The molecule has 2 rings (SSSR count). The van der Waals surface area contributed by atoms with Crippen LogP contribution in [-0.2, 0) is 0 Å². The second kappa shape index (κ2) is 6.51. The molecule has 0 amide bonds. The molecule has 1 aromatic heterocycles. The molecule has 2 unspecified atom stereocenters. The van der Waals surface area contributed by atoms with E-state index in [2.05, 4.69) is 32.6 Å². The number of nitrogen functional groups attached to an aromatic ring is 1. The number of anilines is 2. The molecule has 1 saturated carbocycles. The minimum absolute atomic E-state index is 0.257. The highest BCUT2D eigenvalue weighted by Crippen LogP contribution is 2.24. The van der Waals surface area contributed by atoms with Crippen LogP contribution in [0.3, 0.4) is 0 Å². The maximum Gasteiger partial charge on any atom is 0.322 e. The monoisotopic (exact) mass is 266 g/mol. The van der Waals surface area contributed by atoms with Crippen molar-refractivity contribution < 1.29 is 4.74 Å². The number of nitrogens with zero attached hydrogens (tertiary/aromatic N) is 3. The van der Waals surface area contributed by atoms with E-state index in [1.54, 1.807) is 0 Å². The Morgan fingerprint density at radius 1 is 1.11 bits per heavy atom. The molecule has 4 N–H and O–H groups in total. The minimum atomic E-state index is 0.257. The Hall–Kier alpha value is -1.63. The quantitative estimate of drug-likeness (QED) is 0.432. The predicted molar refractivity (Wildman–Crippen MR) is 73.8 cm³/mol. The fourth-order valence-corrected chi connectivity index (χ4v) is 2.39. The summed E-state index contributed by atoms with van der Waals surface area (Å²) < 4.78 is 5.03.